The first-order valence-corrected chi connectivity index (χ1v) is 5.14. The van der Waals surface area contributed by atoms with Gasteiger partial charge in [-0.2, -0.15) is 13.2 Å². The van der Waals surface area contributed by atoms with Crippen LogP contribution in [-0.2, 0) is 12.7 Å². The van der Waals surface area contributed by atoms with Crippen molar-refractivity contribution in [2.24, 2.45) is 0 Å². The molecule has 0 saturated carbocycles. The first-order chi connectivity index (χ1) is 8.30. The smallest absolute Gasteiger partial charge is 0.386 e. The average Bonchev–Trinajstić information content (AvgIpc) is 2.28. The predicted octanol–water partition coefficient (Wildman–Crippen LogP) is 2.42. The topological polar surface area (TPSA) is 32.3 Å². The number of hydrogen-bond donors (Lipinski definition) is 2. The molecule has 102 valence electrons. The molecule has 0 bridgehead atoms. The number of benzene rings is 1. The average molecular weight is 269 g/mol. The molecule has 2 N–H and O–H groups in total. The fraction of sp³-hybridized carbons (Fsp3) is 0.455. The molecule has 0 spiro atoms. The molecule has 18 heavy (non-hydrogen) atoms. The second-order valence-electron chi connectivity index (χ2n) is 3.73. The fourth-order valence-electron chi connectivity index (χ4n) is 1.27. The van der Waals surface area contributed by atoms with Crippen LogP contribution in [0.25, 0.3) is 0 Å². The van der Waals surface area contributed by atoms with E-state index in [4.69, 9.17) is 5.11 Å². The van der Waals surface area contributed by atoms with Crippen LogP contribution in [0.2, 0.25) is 0 Å². The van der Waals surface area contributed by atoms with E-state index in [1.807, 2.05) is 0 Å². The third-order valence-corrected chi connectivity index (χ3v) is 2.25. The van der Waals surface area contributed by atoms with Crippen molar-refractivity contribution in [2.45, 2.75) is 25.3 Å². The van der Waals surface area contributed by atoms with Crippen LogP contribution in [0.1, 0.15) is 11.1 Å². The largest absolute Gasteiger partial charge is 0.416 e. The summed E-state index contributed by atoms with van der Waals surface area (Å²) in [6.07, 6.45) is -9.01. The van der Waals surface area contributed by atoms with E-state index in [0.717, 1.165) is 12.1 Å². The number of nitrogens with one attached hydrogen (secondary N) is 1. The maximum absolute atomic E-state index is 12.2. The molecule has 0 fully saturated rings. The number of rotatable bonds is 5. The van der Waals surface area contributed by atoms with Crippen LogP contribution in [0.5, 0.6) is 0 Å². The van der Waals surface area contributed by atoms with Gasteiger partial charge in [0.05, 0.1) is 5.56 Å². The van der Waals surface area contributed by atoms with Crippen molar-refractivity contribution in [1.82, 2.24) is 5.32 Å². The summed E-state index contributed by atoms with van der Waals surface area (Å²) in [6.45, 7) is -0.208. The second-order valence-corrected chi connectivity index (χ2v) is 3.73. The van der Waals surface area contributed by atoms with Crippen molar-refractivity contribution in [1.29, 1.82) is 0 Å². The van der Waals surface area contributed by atoms with Gasteiger partial charge >= 0.3 is 6.18 Å². The molecule has 2 nitrogen and oxygen atoms in total. The molecule has 0 amide bonds. The Balaban J connectivity index is 2.45. The van der Waals surface area contributed by atoms with Crippen molar-refractivity contribution >= 4 is 0 Å². The Hall–Kier alpha value is -1.21. The van der Waals surface area contributed by atoms with E-state index >= 15 is 0 Å². The van der Waals surface area contributed by atoms with Crippen LogP contribution in [0, 0.1) is 0 Å². The minimum atomic E-state index is -4.39. The molecule has 0 aliphatic heterocycles. The zero-order valence-corrected chi connectivity index (χ0v) is 9.22. The summed E-state index contributed by atoms with van der Waals surface area (Å²) in [5.41, 5.74) is -0.247. The molecular weight excluding hydrogens is 257 g/mol. The van der Waals surface area contributed by atoms with E-state index in [9.17, 15) is 22.0 Å². The Kier molecular flexibility index (Phi) is 5.03. The number of hydrogen-bond acceptors (Lipinski definition) is 2. The standard InChI is InChI=1S/C11H12F5NO/c12-10(13)9(18)6-17-5-7-1-3-8(4-2-7)11(14,15)16/h1-4,9-10,17-18H,5-6H2. The lowest BCUT2D eigenvalue weighted by atomic mass is 10.1. The van der Waals surface area contributed by atoms with Crippen molar-refractivity contribution < 1.29 is 27.1 Å². The highest BCUT2D eigenvalue weighted by Crippen LogP contribution is 2.28. The van der Waals surface area contributed by atoms with Crippen molar-refractivity contribution in [3.05, 3.63) is 35.4 Å². The molecule has 1 aromatic rings. The minimum Gasteiger partial charge on any atom is -0.386 e. The summed E-state index contributed by atoms with van der Waals surface area (Å²) >= 11 is 0. The molecule has 0 aromatic heterocycles. The van der Waals surface area contributed by atoms with Gasteiger partial charge in [-0.1, -0.05) is 12.1 Å². The number of aliphatic hydroxyl groups excluding tert-OH is 1. The number of halogens is 5. The van der Waals surface area contributed by atoms with E-state index in [-0.39, 0.29) is 13.1 Å². The Bertz CT molecular complexity index is 363. The highest BCUT2D eigenvalue weighted by molar-refractivity contribution is 5.24. The van der Waals surface area contributed by atoms with Crippen LogP contribution in [0.15, 0.2) is 24.3 Å². The van der Waals surface area contributed by atoms with E-state index in [0.29, 0.717) is 5.56 Å². The molecule has 1 rings (SSSR count). The lowest BCUT2D eigenvalue weighted by Crippen LogP contribution is -2.31. The number of aliphatic hydroxyl groups is 1. The normalized spacial score (nSPS) is 13.9. The van der Waals surface area contributed by atoms with Crippen LogP contribution in [0.3, 0.4) is 0 Å². The van der Waals surface area contributed by atoms with Crippen molar-refractivity contribution in [3.63, 3.8) is 0 Å². The van der Waals surface area contributed by atoms with Gasteiger partial charge in [-0.25, -0.2) is 8.78 Å². The predicted molar refractivity (Wildman–Crippen MR) is 55.2 cm³/mol. The van der Waals surface area contributed by atoms with Crippen LogP contribution >= 0.6 is 0 Å². The van der Waals surface area contributed by atoms with Gasteiger partial charge in [0.2, 0.25) is 0 Å². The van der Waals surface area contributed by atoms with E-state index < -0.39 is 24.3 Å². The van der Waals surface area contributed by atoms with Gasteiger partial charge in [0, 0.05) is 13.1 Å². The second kappa shape index (κ2) is 6.10. The summed E-state index contributed by atoms with van der Waals surface area (Å²) in [5.74, 6) is 0. The van der Waals surface area contributed by atoms with Gasteiger partial charge < -0.3 is 10.4 Å². The molecule has 7 heteroatoms. The van der Waals surface area contributed by atoms with Crippen molar-refractivity contribution in [3.8, 4) is 0 Å². The molecule has 1 unspecified atom stereocenters. The van der Waals surface area contributed by atoms with Crippen LogP contribution < -0.4 is 5.32 Å². The van der Waals surface area contributed by atoms with E-state index in [1.165, 1.54) is 12.1 Å². The zero-order valence-electron chi connectivity index (χ0n) is 9.22. The third kappa shape index (κ3) is 4.58. The molecule has 0 radical (unpaired) electrons. The lowest BCUT2D eigenvalue weighted by molar-refractivity contribution is -0.137. The van der Waals surface area contributed by atoms with E-state index in [1.54, 1.807) is 0 Å². The van der Waals surface area contributed by atoms with E-state index in [2.05, 4.69) is 5.32 Å². The quantitative estimate of drug-likeness (QED) is 0.805. The van der Waals surface area contributed by atoms with Crippen molar-refractivity contribution in [2.75, 3.05) is 6.54 Å². The third-order valence-electron chi connectivity index (χ3n) is 2.25. The Morgan fingerprint density at radius 2 is 1.67 bits per heavy atom. The van der Waals surface area contributed by atoms with Gasteiger partial charge in [-0.05, 0) is 17.7 Å². The molecule has 0 heterocycles. The first kappa shape index (κ1) is 14.8. The van der Waals surface area contributed by atoms with Gasteiger partial charge in [0.25, 0.3) is 6.43 Å². The summed E-state index contributed by atoms with van der Waals surface area (Å²) in [7, 11) is 0. The summed E-state index contributed by atoms with van der Waals surface area (Å²) in [5, 5.41) is 11.3. The molecule has 0 aliphatic rings. The maximum atomic E-state index is 12.2. The molecule has 0 saturated heterocycles. The summed E-state index contributed by atoms with van der Waals surface area (Å²) in [6, 6.07) is 4.34. The van der Waals surface area contributed by atoms with Gasteiger partial charge in [0.1, 0.15) is 6.10 Å². The Morgan fingerprint density at radius 3 is 2.11 bits per heavy atom. The van der Waals surface area contributed by atoms with Gasteiger partial charge in [-0.15, -0.1) is 0 Å². The fourth-order valence-corrected chi connectivity index (χ4v) is 1.27. The molecule has 0 aliphatic carbocycles. The van der Waals surface area contributed by atoms with Crippen LogP contribution in [-0.4, -0.2) is 24.2 Å². The minimum absolute atomic E-state index is 0.113. The summed E-state index contributed by atoms with van der Waals surface area (Å²) < 4.78 is 60.5. The highest BCUT2D eigenvalue weighted by Gasteiger charge is 2.29. The van der Waals surface area contributed by atoms with Gasteiger partial charge in [-0.3, -0.25) is 0 Å². The lowest BCUT2D eigenvalue weighted by Gasteiger charge is -2.11. The first-order valence-electron chi connectivity index (χ1n) is 5.14. The Labute approximate surface area is 100 Å². The van der Waals surface area contributed by atoms with Gasteiger partial charge in [0.15, 0.2) is 0 Å². The van der Waals surface area contributed by atoms with Crippen LogP contribution in [0.4, 0.5) is 22.0 Å². The maximum Gasteiger partial charge on any atom is 0.416 e. The molecule has 1 atom stereocenters. The zero-order chi connectivity index (χ0) is 13.8. The highest BCUT2D eigenvalue weighted by atomic mass is 19.4. The monoisotopic (exact) mass is 269 g/mol. The molecular formula is C11H12F5NO. The molecule has 1 aromatic carbocycles. The SMILES string of the molecule is OC(CNCc1ccc(C(F)(F)F)cc1)C(F)F. The number of alkyl halides is 5. The summed E-state index contributed by atoms with van der Waals surface area (Å²) in [4.78, 5) is 0. The Morgan fingerprint density at radius 1 is 1.11 bits per heavy atom.